The summed E-state index contributed by atoms with van der Waals surface area (Å²) in [7, 11) is 0. The third-order valence-electron chi connectivity index (χ3n) is 4.12. The lowest BCUT2D eigenvalue weighted by Crippen LogP contribution is -2.12. The van der Waals surface area contributed by atoms with Crippen LogP contribution in [0.2, 0.25) is 0 Å². The highest BCUT2D eigenvalue weighted by Gasteiger charge is 2.20. The number of H-pyrrole nitrogens is 1. The van der Waals surface area contributed by atoms with Crippen LogP contribution in [0.1, 0.15) is 33.0 Å². The molecule has 0 amide bonds. The number of hydrogen-bond acceptors (Lipinski definition) is 9. The number of hydrogen-bond donors (Lipinski definition) is 2. The highest BCUT2D eigenvalue weighted by molar-refractivity contribution is 7.20. The number of para-hydroxylation sites is 1. The van der Waals surface area contributed by atoms with Crippen LogP contribution >= 0.6 is 22.7 Å². The van der Waals surface area contributed by atoms with Crippen molar-refractivity contribution in [1.29, 1.82) is 0 Å². The summed E-state index contributed by atoms with van der Waals surface area (Å²) in [6.07, 6.45) is 0.338. The van der Waals surface area contributed by atoms with Crippen molar-refractivity contribution in [3.05, 3.63) is 62.0 Å². The van der Waals surface area contributed by atoms with Gasteiger partial charge in [-0.05, 0) is 31.5 Å². The van der Waals surface area contributed by atoms with E-state index in [4.69, 9.17) is 4.74 Å². The molecule has 0 spiro atoms. The number of esters is 1. The molecule has 0 saturated carbocycles. The minimum atomic E-state index is -0.435. The number of carbonyl (C=O) groups is 1. The van der Waals surface area contributed by atoms with Crippen LogP contribution in [0, 0.1) is 6.92 Å². The molecule has 4 aromatic rings. The van der Waals surface area contributed by atoms with Gasteiger partial charge in [0.25, 0.3) is 5.56 Å². The summed E-state index contributed by atoms with van der Waals surface area (Å²) in [5, 5.41) is 13.3. The fraction of sp³-hybridized carbons (Fsp3) is 0.211. The van der Waals surface area contributed by atoms with E-state index in [9.17, 15) is 9.59 Å². The quantitative estimate of drug-likeness (QED) is 0.452. The minimum Gasteiger partial charge on any atom is -0.462 e. The Labute approximate surface area is 173 Å². The molecule has 4 rings (SSSR count). The molecule has 3 heterocycles. The molecule has 29 heavy (non-hydrogen) atoms. The SMILES string of the molecule is CCOC(=O)c1sc2nc(Cc3nnc(Nc4ccccc4)s3)[nH]c(=O)c2c1C. The third kappa shape index (κ3) is 4.03. The van der Waals surface area contributed by atoms with Gasteiger partial charge in [0.1, 0.15) is 20.5 Å². The molecular weight excluding hydrogens is 410 g/mol. The molecule has 0 aliphatic rings. The summed E-state index contributed by atoms with van der Waals surface area (Å²) in [4.78, 5) is 32.9. The molecule has 0 radical (unpaired) electrons. The fourth-order valence-electron chi connectivity index (χ4n) is 2.83. The molecule has 1 aromatic carbocycles. The summed E-state index contributed by atoms with van der Waals surface area (Å²) < 4.78 is 5.06. The van der Waals surface area contributed by atoms with Gasteiger partial charge in [0.15, 0.2) is 0 Å². The van der Waals surface area contributed by atoms with Gasteiger partial charge in [-0.25, -0.2) is 9.78 Å². The van der Waals surface area contributed by atoms with Crippen molar-refractivity contribution in [2.75, 3.05) is 11.9 Å². The third-order valence-corrected chi connectivity index (χ3v) is 6.13. The van der Waals surface area contributed by atoms with Gasteiger partial charge >= 0.3 is 5.97 Å². The van der Waals surface area contributed by atoms with Gasteiger partial charge in [0, 0.05) is 5.69 Å². The fourth-order valence-corrected chi connectivity index (χ4v) is 4.69. The van der Waals surface area contributed by atoms with E-state index >= 15 is 0 Å². The standard InChI is InChI=1S/C19H17N5O3S2/c1-3-27-18(26)15-10(2)14-16(25)21-12(22-17(14)29-15)9-13-23-24-19(28-13)20-11-7-5-4-6-8-11/h4-8H,3,9H2,1-2H3,(H,20,24)(H,21,22,25). The summed E-state index contributed by atoms with van der Waals surface area (Å²) in [6.45, 7) is 3.75. The number of aromatic nitrogens is 4. The lowest BCUT2D eigenvalue weighted by molar-refractivity contribution is 0.0531. The molecule has 0 fully saturated rings. The van der Waals surface area contributed by atoms with Crippen LogP contribution in [0.4, 0.5) is 10.8 Å². The van der Waals surface area contributed by atoms with Crippen LogP contribution in [-0.2, 0) is 11.2 Å². The van der Waals surface area contributed by atoms with Gasteiger partial charge in [0.05, 0.1) is 18.4 Å². The molecule has 0 aliphatic carbocycles. The Balaban J connectivity index is 1.59. The lowest BCUT2D eigenvalue weighted by atomic mass is 10.2. The number of thiophene rings is 1. The van der Waals surface area contributed by atoms with E-state index in [1.807, 2.05) is 30.3 Å². The topological polar surface area (TPSA) is 110 Å². The van der Waals surface area contributed by atoms with Crippen molar-refractivity contribution in [3.63, 3.8) is 0 Å². The smallest absolute Gasteiger partial charge is 0.348 e. The van der Waals surface area contributed by atoms with Gasteiger partial charge in [-0.2, -0.15) is 0 Å². The summed E-state index contributed by atoms with van der Waals surface area (Å²) in [5.74, 6) is 0.0382. The van der Waals surface area contributed by atoms with Gasteiger partial charge in [-0.1, -0.05) is 29.5 Å². The van der Waals surface area contributed by atoms with Crippen LogP contribution in [0.3, 0.4) is 0 Å². The molecule has 10 heteroatoms. The molecular formula is C19H17N5O3S2. The molecule has 0 saturated heterocycles. The second kappa shape index (κ2) is 8.10. The molecule has 3 aromatic heterocycles. The predicted molar refractivity (Wildman–Crippen MR) is 113 cm³/mol. The van der Waals surface area contributed by atoms with Crippen LogP contribution in [0.25, 0.3) is 10.2 Å². The Kier molecular flexibility index (Phi) is 5.36. The van der Waals surface area contributed by atoms with Crippen LogP contribution < -0.4 is 10.9 Å². The van der Waals surface area contributed by atoms with E-state index in [1.54, 1.807) is 13.8 Å². The molecule has 8 nitrogen and oxygen atoms in total. The first-order chi connectivity index (χ1) is 14.0. The van der Waals surface area contributed by atoms with Gasteiger partial charge in [-0.15, -0.1) is 21.5 Å². The molecule has 2 N–H and O–H groups in total. The van der Waals surface area contributed by atoms with E-state index in [1.165, 1.54) is 22.7 Å². The zero-order valence-electron chi connectivity index (χ0n) is 15.7. The van der Waals surface area contributed by atoms with Crippen molar-refractivity contribution >= 4 is 49.7 Å². The first-order valence-electron chi connectivity index (χ1n) is 8.89. The number of nitrogens with one attached hydrogen (secondary N) is 2. The zero-order valence-corrected chi connectivity index (χ0v) is 17.3. The number of rotatable bonds is 6. The van der Waals surface area contributed by atoms with Crippen molar-refractivity contribution < 1.29 is 9.53 Å². The summed E-state index contributed by atoms with van der Waals surface area (Å²) in [6, 6.07) is 9.68. The van der Waals surface area contributed by atoms with Crippen molar-refractivity contribution in [2.24, 2.45) is 0 Å². The number of ether oxygens (including phenoxy) is 1. The Bertz CT molecular complexity index is 1230. The summed E-state index contributed by atoms with van der Waals surface area (Å²) in [5.41, 5.74) is 1.24. The average Bonchev–Trinajstić information content (AvgIpc) is 3.27. The van der Waals surface area contributed by atoms with E-state index < -0.39 is 5.97 Å². The Hall–Kier alpha value is -3.11. The van der Waals surface area contributed by atoms with E-state index in [2.05, 4.69) is 25.5 Å². The molecule has 0 unspecified atom stereocenters. The minimum absolute atomic E-state index is 0.276. The maximum Gasteiger partial charge on any atom is 0.348 e. The van der Waals surface area contributed by atoms with E-state index in [0.29, 0.717) is 43.0 Å². The number of aromatic amines is 1. The lowest BCUT2D eigenvalue weighted by Gasteiger charge is -2.00. The Morgan fingerprint density at radius 1 is 1.21 bits per heavy atom. The highest BCUT2D eigenvalue weighted by atomic mass is 32.1. The number of benzene rings is 1. The van der Waals surface area contributed by atoms with Gasteiger partial charge in [0.2, 0.25) is 5.13 Å². The largest absolute Gasteiger partial charge is 0.462 e. The van der Waals surface area contributed by atoms with Crippen LogP contribution in [0.15, 0.2) is 35.1 Å². The number of aryl methyl sites for hydroxylation is 1. The Morgan fingerprint density at radius 2 is 2.00 bits per heavy atom. The molecule has 0 atom stereocenters. The van der Waals surface area contributed by atoms with E-state index in [0.717, 1.165) is 5.69 Å². The van der Waals surface area contributed by atoms with Crippen LogP contribution in [0.5, 0.6) is 0 Å². The molecule has 0 aliphatic heterocycles. The van der Waals surface area contributed by atoms with Crippen molar-refractivity contribution in [1.82, 2.24) is 20.2 Å². The maximum atomic E-state index is 12.6. The van der Waals surface area contributed by atoms with Crippen molar-refractivity contribution in [2.45, 2.75) is 20.3 Å². The number of nitrogens with zero attached hydrogens (tertiary/aromatic N) is 3. The second-order valence-corrected chi connectivity index (χ2v) is 8.20. The first-order valence-corrected chi connectivity index (χ1v) is 10.5. The molecule has 148 valence electrons. The average molecular weight is 428 g/mol. The monoisotopic (exact) mass is 427 g/mol. The molecule has 0 bridgehead atoms. The summed E-state index contributed by atoms with van der Waals surface area (Å²) >= 11 is 2.55. The normalized spacial score (nSPS) is 11.0. The van der Waals surface area contributed by atoms with E-state index in [-0.39, 0.29) is 12.2 Å². The zero-order chi connectivity index (χ0) is 20.4. The Morgan fingerprint density at radius 3 is 2.76 bits per heavy atom. The number of fused-ring (bicyclic) bond motifs is 1. The first kappa shape index (κ1) is 19.2. The number of anilines is 2. The second-order valence-electron chi connectivity index (χ2n) is 6.14. The maximum absolute atomic E-state index is 12.6. The highest BCUT2D eigenvalue weighted by Crippen LogP contribution is 2.28. The van der Waals surface area contributed by atoms with Gasteiger partial charge in [-0.3, -0.25) is 4.79 Å². The number of carbonyl (C=O) groups excluding carboxylic acids is 1. The van der Waals surface area contributed by atoms with Crippen LogP contribution in [-0.4, -0.2) is 32.7 Å². The predicted octanol–water partition coefficient (Wildman–Crippen LogP) is 3.66. The van der Waals surface area contributed by atoms with Gasteiger partial charge < -0.3 is 15.0 Å². The van der Waals surface area contributed by atoms with Crippen molar-refractivity contribution in [3.8, 4) is 0 Å².